The summed E-state index contributed by atoms with van der Waals surface area (Å²) in [5.41, 5.74) is 4.59. The first kappa shape index (κ1) is 16.8. The van der Waals surface area contributed by atoms with E-state index >= 15 is 0 Å². The molecule has 0 fully saturated rings. The first-order chi connectivity index (χ1) is 11.9. The molecular formula is C18H17FN4O2. The van der Waals surface area contributed by atoms with Gasteiger partial charge < -0.3 is 5.11 Å². The predicted molar refractivity (Wildman–Crippen MR) is 91.6 cm³/mol. The molecule has 0 aliphatic carbocycles. The van der Waals surface area contributed by atoms with Crippen LogP contribution in [0.2, 0.25) is 0 Å². The number of hydrazine groups is 1. The summed E-state index contributed by atoms with van der Waals surface area (Å²) in [5.74, 6) is -1.05. The fourth-order valence-corrected chi connectivity index (χ4v) is 2.49. The maximum atomic E-state index is 13.0. The number of carbonyl (C=O) groups excluding carboxylic acids is 1. The molecule has 3 aromatic rings. The van der Waals surface area contributed by atoms with Gasteiger partial charge >= 0.3 is 0 Å². The van der Waals surface area contributed by atoms with Crippen LogP contribution in [0.1, 0.15) is 21.6 Å². The van der Waals surface area contributed by atoms with Crippen molar-refractivity contribution in [3.8, 4) is 5.75 Å². The Morgan fingerprint density at radius 1 is 1.16 bits per heavy atom. The van der Waals surface area contributed by atoms with Gasteiger partial charge in [-0.3, -0.25) is 15.2 Å². The Morgan fingerprint density at radius 2 is 1.88 bits per heavy atom. The third kappa shape index (κ3) is 3.72. The van der Waals surface area contributed by atoms with Gasteiger partial charge in [-0.25, -0.2) is 14.4 Å². The number of nitrogens with zero attached hydrogens (tertiary/aromatic N) is 3. The summed E-state index contributed by atoms with van der Waals surface area (Å²) in [6.45, 7) is 0. The van der Waals surface area contributed by atoms with Gasteiger partial charge in [-0.1, -0.05) is 12.1 Å². The Kier molecular flexibility index (Phi) is 4.58. The van der Waals surface area contributed by atoms with Gasteiger partial charge in [0.2, 0.25) is 0 Å². The number of carbonyl (C=O) groups is 1. The van der Waals surface area contributed by atoms with Crippen molar-refractivity contribution in [3.05, 3.63) is 65.4 Å². The SMILES string of the molecule is CN(C)NC(=O)c1ncc2cc(Cc3ccc(F)cc3)cnc2c1O. The molecule has 2 aromatic heterocycles. The Labute approximate surface area is 143 Å². The van der Waals surface area contributed by atoms with Gasteiger partial charge in [0, 0.05) is 31.9 Å². The van der Waals surface area contributed by atoms with Gasteiger partial charge in [0.15, 0.2) is 11.4 Å². The quantitative estimate of drug-likeness (QED) is 0.713. The van der Waals surface area contributed by atoms with Gasteiger partial charge in [0.25, 0.3) is 5.91 Å². The highest BCUT2D eigenvalue weighted by atomic mass is 19.1. The van der Waals surface area contributed by atoms with Crippen LogP contribution >= 0.6 is 0 Å². The molecule has 0 spiro atoms. The fraction of sp³-hybridized carbons (Fsp3) is 0.167. The van der Waals surface area contributed by atoms with E-state index in [0.717, 1.165) is 11.1 Å². The van der Waals surface area contributed by atoms with E-state index in [1.807, 2.05) is 6.07 Å². The zero-order valence-electron chi connectivity index (χ0n) is 13.8. The highest BCUT2D eigenvalue weighted by Crippen LogP contribution is 2.26. The third-order valence-electron chi connectivity index (χ3n) is 3.62. The van der Waals surface area contributed by atoms with Crippen LogP contribution < -0.4 is 5.43 Å². The Balaban J connectivity index is 1.91. The number of nitrogens with one attached hydrogen (secondary N) is 1. The van der Waals surface area contributed by atoms with Crippen LogP contribution in [-0.4, -0.2) is 40.1 Å². The van der Waals surface area contributed by atoms with Crippen molar-refractivity contribution in [1.82, 2.24) is 20.4 Å². The van der Waals surface area contributed by atoms with E-state index in [1.165, 1.54) is 23.3 Å². The lowest BCUT2D eigenvalue weighted by atomic mass is 10.0. The molecule has 128 valence electrons. The highest BCUT2D eigenvalue weighted by Gasteiger charge is 2.17. The Morgan fingerprint density at radius 3 is 2.56 bits per heavy atom. The second-order valence-corrected chi connectivity index (χ2v) is 5.88. The Hall–Kier alpha value is -3.06. The molecule has 1 aromatic carbocycles. The number of aromatic nitrogens is 2. The highest BCUT2D eigenvalue weighted by molar-refractivity contribution is 6.00. The minimum Gasteiger partial charge on any atom is -0.504 e. The summed E-state index contributed by atoms with van der Waals surface area (Å²) in [6.07, 6.45) is 3.70. The number of pyridine rings is 2. The molecular weight excluding hydrogens is 323 g/mol. The standard InChI is InChI=1S/C18H17FN4O2/c1-23(2)22-18(25)16-17(24)15-13(10-21-16)8-12(9-20-15)7-11-3-5-14(19)6-4-11/h3-6,8-10,24H,7H2,1-2H3,(H,22,25). The normalized spacial score (nSPS) is 11.0. The second kappa shape index (κ2) is 6.82. The maximum Gasteiger partial charge on any atom is 0.288 e. The van der Waals surface area contributed by atoms with Crippen LogP contribution in [0.4, 0.5) is 4.39 Å². The van der Waals surface area contributed by atoms with Crippen molar-refractivity contribution in [3.63, 3.8) is 0 Å². The monoisotopic (exact) mass is 340 g/mol. The minimum absolute atomic E-state index is 0.0833. The van der Waals surface area contributed by atoms with Gasteiger partial charge in [-0.15, -0.1) is 0 Å². The third-order valence-corrected chi connectivity index (χ3v) is 3.62. The van der Waals surface area contributed by atoms with Crippen LogP contribution in [0.15, 0.2) is 42.7 Å². The number of benzene rings is 1. The molecule has 1 amide bonds. The molecule has 2 heterocycles. The van der Waals surface area contributed by atoms with Crippen molar-refractivity contribution in [2.24, 2.45) is 0 Å². The summed E-state index contributed by atoms with van der Waals surface area (Å²) in [4.78, 5) is 20.3. The predicted octanol–water partition coefficient (Wildman–Crippen LogP) is 2.27. The van der Waals surface area contributed by atoms with E-state index in [2.05, 4.69) is 15.4 Å². The van der Waals surface area contributed by atoms with Crippen molar-refractivity contribution in [2.45, 2.75) is 6.42 Å². The molecule has 0 unspecified atom stereocenters. The molecule has 7 heteroatoms. The minimum atomic E-state index is -0.512. The summed E-state index contributed by atoms with van der Waals surface area (Å²) < 4.78 is 13.0. The number of halogens is 1. The van der Waals surface area contributed by atoms with Crippen molar-refractivity contribution in [2.75, 3.05) is 14.1 Å². The van der Waals surface area contributed by atoms with Gasteiger partial charge in [-0.05, 0) is 35.7 Å². The molecule has 0 radical (unpaired) electrons. The molecule has 25 heavy (non-hydrogen) atoms. The van der Waals surface area contributed by atoms with Gasteiger partial charge in [0.05, 0.1) is 0 Å². The molecule has 0 aliphatic rings. The lowest BCUT2D eigenvalue weighted by Gasteiger charge is -2.12. The average Bonchev–Trinajstić information content (AvgIpc) is 2.56. The number of aromatic hydroxyl groups is 1. The zero-order chi connectivity index (χ0) is 18.0. The number of rotatable bonds is 4. The largest absolute Gasteiger partial charge is 0.504 e. The lowest BCUT2D eigenvalue weighted by Crippen LogP contribution is -2.36. The van der Waals surface area contributed by atoms with Gasteiger partial charge in [0.1, 0.15) is 11.3 Å². The second-order valence-electron chi connectivity index (χ2n) is 5.88. The molecule has 0 bridgehead atoms. The molecule has 2 N–H and O–H groups in total. The number of hydrogen-bond acceptors (Lipinski definition) is 5. The van der Waals surface area contributed by atoms with Crippen molar-refractivity contribution < 1.29 is 14.3 Å². The maximum absolute atomic E-state index is 13.0. The van der Waals surface area contributed by atoms with E-state index < -0.39 is 5.91 Å². The molecule has 0 atom stereocenters. The van der Waals surface area contributed by atoms with Crippen LogP contribution in [0.5, 0.6) is 5.75 Å². The topological polar surface area (TPSA) is 78.4 Å². The van der Waals surface area contributed by atoms with E-state index in [1.54, 1.807) is 32.4 Å². The number of amides is 1. The molecule has 0 saturated carbocycles. The summed E-state index contributed by atoms with van der Waals surface area (Å²) in [6, 6.07) is 8.08. The van der Waals surface area contributed by atoms with Gasteiger partial charge in [-0.2, -0.15) is 0 Å². The molecule has 3 rings (SSSR count). The fourth-order valence-electron chi connectivity index (χ4n) is 2.49. The first-order valence-electron chi connectivity index (χ1n) is 7.63. The molecule has 0 saturated heterocycles. The summed E-state index contributed by atoms with van der Waals surface area (Å²) >= 11 is 0. The zero-order valence-corrected chi connectivity index (χ0v) is 13.8. The lowest BCUT2D eigenvalue weighted by molar-refractivity contribution is 0.0848. The molecule has 0 aliphatic heterocycles. The van der Waals surface area contributed by atoms with E-state index in [0.29, 0.717) is 17.3 Å². The number of hydrogen-bond donors (Lipinski definition) is 2. The summed E-state index contributed by atoms with van der Waals surface area (Å²) in [7, 11) is 3.33. The van der Waals surface area contributed by atoms with Crippen LogP contribution in [-0.2, 0) is 6.42 Å². The average molecular weight is 340 g/mol. The first-order valence-corrected chi connectivity index (χ1v) is 7.63. The smallest absolute Gasteiger partial charge is 0.288 e. The van der Waals surface area contributed by atoms with Crippen LogP contribution in [0.25, 0.3) is 10.9 Å². The van der Waals surface area contributed by atoms with Crippen molar-refractivity contribution >= 4 is 16.8 Å². The van der Waals surface area contributed by atoms with Crippen molar-refractivity contribution in [1.29, 1.82) is 0 Å². The van der Waals surface area contributed by atoms with E-state index in [-0.39, 0.29) is 17.3 Å². The van der Waals surface area contributed by atoms with Crippen LogP contribution in [0.3, 0.4) is 0 Å². The van der Waals surface area contributed by atoms with E-state index in [9.17, 15) is 14.3 Å². The number of fused-ring (bicyclic) bond motifs is 1. The van der Waals surface area contributed by atoms with Crippen LogP contribution in [0, 0.1) is 5.82 Å². The Bertz CT molecular complexity index is 926. The van der Waals surface area contributed by atoms with E-state index in [4.69, 9.17) is 0 Å². The summed E-state index contributed by atoms with van der Waals surface area (Å²) in [5, 5.41) is 12.4. The molecule has 6 nitrogen and oxygen atoms in total.